The van der Waals surface area contributed by atoms with E-state index in [-0.39, 0.29) is 27.7 Å². The highest BCUT2D eigenvalue weighted by atomic mass is 31.1. The Kier molecular flexibility index (Phi) is 8.22. The van der Waals surface area contributed by atoms with Gasteiger partial charge in [-0.3, -0.25) is 0 Å². The summed E-state index contributed by atoms with van der Waals surface area (Å²) in [6.07, 6.45) is 0. The first-order chi connectivity index (χ1) is 20.6. The predicted octanol–water partition coefficient (Wildman–Crippen LogP) is 12.1. The lowest BCUT2D eigenvalue weighted by atomic mass is 9.77. The lowest BCUT2D eigenvalue weighted by Crippen LogP contribution is -2.28. The molecule has 0 bridgehead atoms. The van der Waals surface area contributed by atoms with Gasteiger partial charge in [-0.15, -0.1) is 0 Å². The molecule has 4 aromatic rings. The van der Waals surface area contributed by atoms with Crippen LogP contribution in [-0.4, -0.2) is 18.5 Å². The topological polar surface area (TPSA) is 47.9 Å². The van der Waals surface area contributed by atoms with Gasteiger partial charge in [-0.25, -0.2) is 4.99 Å². The number of hydrogen-bond acceptors (Lipinski definition) is 4. The number of benzene rings is 3. The third-order valence-electron chi connectivity index (χ3n) is 9.12. The van der Waals surface area contributed by atoms with Gasteiger partial charge >= 0.3 is 0 Å². The molecule has 0 spiro atoms. The summed E-state index contributed by atoms with van der Waals surface area (Å²) in [5.74, 6) is 0.690. The fourth-order valence-electron chi connectivity index (χ4n) is 5.85. The number of hydrogen-bond donors (Lipinski definition) is 0. The standard InChI is InChI=1S/C40H54NO3P/c1-36(2,3)26-20-28-29-21-27(37(4,5)6)23-31(39(10,11)12)34(29)44-45(43-33(28)30(22-26)38(7,8)9)40(13,14)32-24-42-35(41-32)25-18-16-15-17-19-25/h15-23,32H,24H2,1-14H3/t32-/m0/s1. The third-order valence-corrected chi connectivity index (χ3v) is 11.1. The average Bonchev–Trinajstić information content (AvgIpc) is 3.35. The Bertz CT molecular complexity index is 1710. The van der Waals surface area contributed by atoms with Crippen molar-refractivity contribution in [3.8, 4) is 0 Å². The molecule has 0 fully saturated rings. The van der Waals surface area contributed by atoms with E-state index in [2.05, 4.69) is 133 Å². The number of fused-ring (bicyclic) bond motifs is 3. The van der Waals surface area contributed by atoms with Gasteiger partial charge in [0.05, 0.1) is 5.16 Å². The van der Waals surface area contributed by atoms with Gasteiger partial charge in [0.15, 0.2) is 0 Å². The molecule has 2 heterocycles. The second-order valence-electron chi connectivity index (χ2n) is 17.5. The van der Waals surface area contributed by atoms with E-state index in [4.69, 9.17) is 18.1 Å². The van der Waals surface area contributed by atoms with Crippen LogP contribution in [0, 0.1) is 0 Å². The van der Waals surface area contributed by atoms with Gasteiger partial charge in [0.2, 0.25) is 13.9 Å². The van der Waals surface area contributed by atoms with Crippen LogP contribution >= 0.6 is 8.01 Å². The Hall–Kier alpha value is -2.97. The van der Waals surface area contributed by atoms with Crippen molar-refractivity contribution in [1.82, 2.24) is 0 Å². The maximum Gasteiger partial charge on any atom is 0.225 e. The van der Waals surface area contributed by atoms with Crippen molar-refractivity contribution < 1.29 is 13.1 Å². The molecular weight excluding hydrogens is 573 g/mol. The fourth-order valence-corrected chi connectivity index (χ4v) is 7.46. The van der Waals surface area contributed by atoms with Crippen LogP contribution in [-0.2, 0) is 31.6 Å². The highest BCUT2D eigenvalue weighted by molar-refractivity contribution is 7.38. The summed E-state index contributed by atoms with van der Waals surface area (Å²) in [4.78, 5) is 5.13. The van der Waals surface area contributed by atoms with Gasteiger partial charge in [-0.2, -0.15) is 0 Å². The molecule has 242 valence electrons. The molecule has 45 heavy (non-hydrogen) atoms. The first-order valence-corrected chi connectivity index (χ1v) is 17.6. The molecule has 1 aliphatic rings. The van der Waals surface area contributed by atoms with Gasteiger partial charge in [0, 0.05) is 27.5 Å². The van der Waals surface area contributed by atoms with E-state index < -0.39 is 13.2 Å². The third kappa shape index (κ3) is 6.50. The fraction of sp³-hybridized carbons (Fsp3) is 0.525. The van der Waals surface area contributed by atoms with Gasteiger partial charge in [0.1, 0.15) is 23.8 Å². The van der Waals surface area contributed by atoms with Gasteiger partial charge in [-0.1, -0.05) is 113 Å². The van der Waals surface area contributed by atoms with Gasteiger partial charge in [-0.05, 0) is 70.9 Å². The summed E-state index contributed by atoms with van der Waals surface area (Å²) in [7, 11) is -1.50. The van der Waals surface area contributed by atoms with E-state index in [0.29, 0.717) is 12.5 Å². The monoisotopic (exact) mass is 627 g/mol. The Morgan fingerprint density at radius 2 is 1.04 bits per heavy atom. The number of ether oxygens (including phenoxy) is 1. The second kappa shape index (κ2) is 11.1. The van der Waals surface area contributed by atoms with E-state index >= 15 is 0 Å². The Morgan fingerprint density at radius 3 is 1.44 bits per heavy atom. The van der Waals surface area contributed by atoms with Crippen LogP contribution in [0.3, 0.4) is 0 Å². The van der Waals surface area contributed by atoms with Crippen molar-refractivity contribution in [1.29, 1.82) is 0 Å². The summed E-state index contributed by atoms with van der Waals surface area (Å²) in [6, 6.07) is 19.5. The molecule has 4 nitrogen and oxygen atoms in total. The average molecular weight is 628 g/mol. The minimum atomic E-state index is -1.50. The second-order valence-corrected chi connectivity index (χ2v) is 19.6. The molecule has 0 N–H and O–H groups in total. The smallest absolute Gasteiger partial charge is 0.225 e. The normalized spacial score (nSPS) is 16.7. The molecule has 0 radical (unpaired) electrons. The molecule has 5 heteroatoms. The quantitative estimate of drug-likeness (QED) is 0.227. The summed E-state index contributed by atoms with van der Waals surface area (Å²) >= 11 is 0. The first-order valence-electron chi connectivity index (χ1n) is 16.4. The van der Waals surface area contributed by atoms with E-state index in [1.54, 1.807) is 0 Å². The SMILES string of the molecule is CC(C)(C)c1cc(C(C)(C)C)c2op(C(C)(C)[C@@H]3COC(c4ccccc4)=N3)oc3c(C(C)(C)C)cc(C(C)(C)C)cc3c2c1. The van der Waals surface area contributed by atoms with Crippen LogP contribution in [0.5, 0.6) is 0 Å². The Labute approximate surface area is 272 Å². The molecule has 5 rings (SSSR count). The highest BCUT2D eigenvalue weighted by Crippen LogP contribution is 2.53. The van der Waals surface area contributed by atoms with Crippen molar-refractivity contribution in [2.45, 2.75) is 130 Å². The van der Waals surface area contributed by atoms with Crippen LogP contribution in [0.15, 0.2) is 68.0 Å². The number of rotatable bonds is 3. The molecule has 1 aromatic heterocycles. The molecular formula is C40H54NO3P. The predicted molar refractivity (Wildman–Crippen MR) is 193 cm³/mol. The molecule has 1 atom stereocenters. The zero-order valence-corrected chi connectivity index (χ0v) is 31.0. The van der Waals surface area contributed by atoms with E-state index in [1.807, 2.05) is 18.2 Å². The lowest BCUT2D eigenvalue weighted by molar-refractivity contribution is 0.285. The van der Waals surface area contributed by atoms with Crippen LogP contribution in [0.1, 0.15) is 125 Å². The van der Waals surface area contributed by atoms with Crippen LogP contribution in [0.25, 0.3) is 21.9 Å². The van der Waals surface area contributed by atoms with Crippen molar-refractivity contribution in [3.05, 3.63) is 82.4 Å². The Morgan fingerprint density at radius 1 is 0.600 bits per heavy atom. The van der Waals surface area contributed by atoms with Crippen LogP contribution in [0.2, 0.25) is 0 Å². The van der Waals surface area contributed by atoms with E-state index in [0.717, 1.165) is 27.5 Å². The summed E-state index contributed by atoms with van der Waals surface area (Å²) in [6.45, 7) is 32.4. The van der Waals surface area contributed by atoms with E-state index in [1.165, 1.54) is 22.3 Å². The molecule has 0 aliphatic carbocycles. The van der Waals surface area contributed by atoms with Crippen molar-refractivity contribution in [3.63, 3.8) is 0 Å². The van der Waals surface area contributed by atoms with Gasteiger partial charge in [0.25, 0.3) is 0 Å². The van der Waals surface area contributed by atoms with Crippen molar-refractivity contribution in [2.24, 2.45) is 4.99 Å². The highest BCUT2D eigenvalue weighted by Gasteiger charge is 2.41. The molecule has 0 unspecified atom stereocenters. The largest absolute Gasteiger partial charge is 0.475 e. The zero-order chi connectivity index (χ0) is 33.3. The van der Waals surface area contributed by atoms with Gasteiger partial charge < -0.3 is 13.1 Å². The molecule has 1 aliphatic heterocycles. The van der Waals surface area contributed by atoms with Crippen molar-refractivity contribution in [2.75, 3.05) is 6.61 Å². The van der Waals surface area contributed by atoms with Crippen molar-refractivity contribution >= 4 is 35.8 Å². The summed E-state index contributed by atoms with van der Waals surface area (Å²) in [5.41, 5.74) is 7.51. The molecule has 0 saturated carbocycles. The summed E-state index contributed by atoms with van der Waals surface area (Å²) in [5, 5.41) is 1.78. The molecule has 3 aromatic carbocycles. The first kappa shape index (κ1) is 33.4. The number of nitrogens with zero attached hydrogens (tertiary/aromatic N) is 1. The zero-order valence-electron chi connectivity index (χ0n) is 30.1. The van der Waals surface area contributed by atoms with E-state index in [9.17, 15) is 0 Å². The molecule has 0 amide bonds. The molecule has 0 saturated heterocycles. The van der Waals surface area contributed by atoms with Crippen LogP contribution < -0.4 is 0 Å². The van der Waals surface area contributed by atoms with Crippen LogP contribution in [0.4, 0.5) is 0 Å². The lowest BCUT2D eigenvalue weighted by Gasteiger charge is -2.27. The minimum absolute atomic E-state index is 0.0371. The Balaban J connectivity index is 1.95. The minimum Gasteiger partial charge on any atom is -0.475 e. The maximum absolute atomic E-state index is 7.29. The number of aliphatic imine (C=N–C) groups is 1. The maximum atomic E-state index is 7.29. The summed E-state index contributed by atoms with van der Waals surface area (Å²) < 4.78 is 20.8.